The van der Waals surface area contributed by atoms with E-state index in [9.17, 15) is 0 Å². The quantitative estimate of drug-likeness (QED) is 0.443. The molecular weight excluding hydrogens is 407 g/mol. The van der Waals surface area contributed by atoms with Gasteiger partial charge in [0.1, 0.15) is 0 Å². The van der Waals surface area contributed by atoms with Gasteiger partial charge in [-0.25, -0.2) is 9.98 Å². The maximum Gasteiger partial charge on any atom is 0.193 e. The summed E-state index contributed by atoms with van der Waals surface area (Å²) in [6, 6.07) is 6.44. The number of hydrogen-bond acceptors (Lipinski definition) is 3. The first-order chi connectivity index (χ1) is 10.2. The van der Waals surface area contributed by atoms with Gasteiger partial charge in [0.05, 0.1) is 17.2 Å². The van der Waals surface area contributed by atoms with Crippen molar-refractivity contribution < 1.29 is 0 Å². The second-order valence-electron chi connectivity index (χ2n) is 5.25. The molecule has 0 amide bonds. The van der Waals surface area contributed by atoms with Gasteiger partial charge in [0.25, 0.3) is 0 Å². The van der Waals surface area contributed by atoms with Gasteiger partial charge in [-0.1, -0.05) is 13.0 Å². The molecule has 3 N–H and O–H groups in total. The molecule has 1 aromatic carbocycles. The monoisotopic (exact) mass is 428 g/mol. The molecule has 2 aromatic rings. The number of anilines is 1. The van der Waals surface area contributed by atoms with Crippen LogP contribution in [0.1, 0.15) is 35.2 Å². The molecule has 3 rings (SSSR count). The van der Waals surface area contributed by atoms with E-state index in [-0.39, 0.29) is 24.0 Å². The number of hydrogen-bond donors (Lipinski definition) is 2. The Hall–Kier alpha value is -1.15. The third kappa shape index (κ3) is 4.19. The average molecular weight is 428 g/mol. The standard InChI is InChI=1S/C16H20N4S.HI/c1-2-15-19-14(10-21-15)9-18-16(17)20-13-7-6-11-4-3-5-12(11)8-13;/h6-8,10H,2-5,9H2,1H3,(H3,17,18,20);1H. The van der Waals surface area contributed by atoms with Crippen molar-refractivity contribution in [3.63, 3.8) is 0 Å². The van der Waals surface area contributed by atoms with Crippen molar-refractivity contribution >= 4 is 47.0 Å². The number of aryl methyl sites for hydroxylation is 3. The molecule has 1 aromatic heterocycles. The minimum Gasteiger partial charge on any atom is -0.370 e. The summed E-state index contributed by atoms with van der Waals surface area (Å²) in [5.74, 6) is 0.444. The van der Waals surface area contributed by atoms with Crippen LogP contribution in [-0.4, -0.2) is 10.9 Å². The molecule has 0 spiro atoms. The van der Waals surface area contributed by atoms with E-state index in [1.54, 1.807) is 11.3 Å². The van der Waals surface area contributed by atoms with Crippen molar-refractivity contribution in [1.82, 2.24) is 4.98 Å². The molecule has 0 saturated carbocycles. The van der Waals surface area contributed by atoms with Crippen molar-refractivity contribution in [2.75, 3.05) is 5.32 Å². The molecule has 0 saturated heterocycles. The Kier molecular flexibility index (Phi) is 6.19. The van der Waals surface area contributed by atoms with Crippen LogP contribution in [0.25, 0.3) is 0 Å². The number of nitrogens with zero attached hydrogens (tertiary/aromatic N) is 2. The van der Waals surface area contributed by atoms with Crippen LogP contribution in [0, 0.1) is 0 Å². The van der Waals surface area contributed by atoms with Gasteiger partial charge in [0.15, 0.2) is 5.96 Å². The largest absolute Gasteiger partial charge is 0.370 e. The Balaban J connectivity index is 0.00000176. The molecule has 0 unspecified atom stereocenters. The maximum absolute atomic E-state index is 5.95. The van der Waals surface area contributed by atoms with Gasteiger partial charge in [-0.3, -0.25) is 0 Å². The second kappa shape index (κ2) is 7.92. The van der Waals surface area contributed by atoms with E-state index in [1.165, 1.54) is 30.4 Å². The molecule has 0 fully saturated rings. The highest BCUT2D eigenvalue weighted by atomic mass is 127. The van der Waals surface area contributed by atoms with E-state index in [1.807, 2.05) is 5.38 Å². The Bertz CT molecular complexity index is 666. The average Bonchev–Trinajstić information content (AvgIpc) is 3.13. The molecule has 6 heteroatoms. The number of nitrogens with two attached hydrogens (primary N) is 1. The molecule has 0 bridgehead atoms. The fourth-order valence-electron chi connectivity index (χ4n) is 2.59. The summed E-state index contributed by atoms with van der Waals surface area (Å²) in [6.45, 7) is 2.63. The molecule has 1 heterocycles. The fraction of sp³-hybridized carbons (Fsp3) is 0.375. The Morgan fingerprint density at radius 2 is 2.18 bits per heavy atom. The van der Waals surface area contributed by atoms with Crippen LogP contribution in [0.15, 0.2) is 28.6 Å². The first-order valence-electron chi connectivity index (χ1n) is 7.36. The molecule has 1 aliphatic carbocycles. The van der Waals surface area contributed by atoms with Crippen molar-refractivity contribution in [2.24, 2.45) is 10.7 Å². The summed E-state index contributed by atoms with van der Waals surface area (Å²) in [6.07, 6.45) is 4.59. The van der Waals surface area contributed by atoms with Gasteiger partial charge in [-0.05, 0) is 48.9 Å². The third-order valence-electron chi connectivity index (χ3n) is 3.68. The lowest BCUT2D eigenvalue weighted by molar-refractivity contribution is 0.912. The summed E-state index contributed by atoms with van der Waals surface area (Å²) in [5.41, 5.74) is 10.8. The topological polar surface area (TPSA) is 63.3 Å². The SMILES string of the molecule is CCc1nc(CN=C(N)Nc2ccc3c(c2)CCC3)cs1.I. The predicted molar refractivity (Wildman–Crippen MR) is 104 cm³/mol. The predicted octanol–water partition coefficient (Wildman–Crippen LogP) is 3.74. The number of halogens is 1. The minimum absolute atomic E-state index is 0. The van der Waals surface area contributed by atoms with E-state index in [4.69, 9.17) is 5.73 Å². The minimum atomic E-state index is 0. The highest BCUT2D eigenvalue weighted by molar-refractivity contribution is 14.0. The van der Waals surface area contributed by atoms with Crippen LogP contribution < -0.4 is 11.1 Å². The number of guanidine groups is 1. The second-order valence-corrected chi connectivity index (χ2v) is 6.19. The molecule has 118 valence electrons. The Morgan fingerprint density at radius 1 is 1.36 bits per heavy atom. The maximum atomic E-state index is 5.95. The highest BCUT2D eigenvalue weighted by Crippen LogP contribution is 2.24. The normalized spacial score (nSPS) is 13.6. The van der Waals surface area contributed by atoms with Crippen molar-refractivity contribution in [2.45, 2.75) is 39.2 Å². The van der Waals surface area contributed by atoms with Gasteiger partial charge < -0.3 is 11.1 Å². The lowest BCUT2D eigenvalue weighted by Gasteiger charge is -2.07. The van der Waals surface area contributed by atoms with E-state index in [2.05, 4.69) is 40.4 Å². The highest BCUT2D eigenvalue weighted by Gasteiger charge is 2.10. The van der Waals surface area contributed by atoms with Gasteiger partial charge >= 0.3 is 0 Å². The van der Waals surface area contributed by atoms with Crippen LogP contribution in [0.3, 0.4) is 0 Å². The number of thiazole rings is 1. The number of aliphatic imine (C=N–C) groups is 1. The lowest BCUT2D eigenvalue weighted by Crippen LogP contribution is -2.22. The van der Waals surface area contributed by atoms with E-state index in [0.717, 1.165) is 22.8 Å². The van der Waals surface area contributed by atoms with Crippen molar-refractivity contribution in [1.29, 1.82) is 0 Å². The van der Waals surface area contributed by atoms with Crippen LogP contribution in [-0.2, 0) is 25.8 Å². The summed E-state index contributed by atoms with van der Waals surface area (Å²) in [5, 5.41) is 6.36. The first kappa shape index (κ1) is 17.2. The zero-order chi connectivity index (χ0) is 14.7. The van der Waals surface area contributed by atoms with Crippen molar-refractivity contribution in [3.05, 3.63) is 45.4 Å². The van der Waals surface area contributed by atoms with Crippen LogP contribution in [0.4, 0.5) is 5.69 Å². The number of fused-ring (bicyclic) bond motifs is 1. The summed E-state index contributed by atoms with van der Waals surface area (Å²) < 4.78 is 0. The first-order valence-corrected chi connectivity index (χ1v) is 8.24. The third-order valence-corrected chi connectivity index (χ3v) is 4.73. The molecule has 4 nitrogen and oxygen atoms in total. The van der Waals surface area contributed by atoms with Crippen LogP contribution in [0.2, 0.25) is 0 Å². The van der Waals surface area contributed by atoms with E-state index >= 15 is 0 Å². The van der Waals surface area contributed by atoms with Crippen LogP contribution in [0.5, 0.6) is 0 Å². The van der Waals surface area contributed by atoms with Crippen molar-refractivity contribution in [3.8, 4) is 0 Å². The van der Waals surface area contributed by atoms with Gasteiger partial charge in [0.2, 0.25) is 0 Å². The molecule has 0 aliphatic heterocycles. The lowest BCUT2D eigenvalue weighted by atomic mass is 10.1. The molecule has 22 heavy (non-hydrogen) atoms. The van der Waals surface area contributed by atoms with Gasteiger partial charge in [-0.15, -0.1) is 35.3 Å². The molecular formula is C16H21IN4S. The molecule has 0 radical (unpaired) electrons. The van der Waals surface area contributed by atoms with E-state index in [0.29, 0.717) is 12.5 Å². The number of rotatable bonds is 4. The molecule has 1 aliphatic rings. The summed E-state index contributed by atoms with van der Waals surface area (Å²) >= 11 is 1.68. The van der Waals surface area contributed by atoms with Gasteiger partial charge in [0, 0.05) is 11.1 Å². The number of nitrogens with one attached hydrogen (secondary N) is 1. The zero-order valence-electron chi connectivity index (χ0n) is 12.6. The zero-order valence-corrected chi connectivity index (χ0v) is 15.8. The summed E-state index contributed by atoms with van der Waals surface area (Å²) in [7, 11) is 0. The Labute approximate surface area is 152 Å². The van der Waals surface area contributed by atoms with E-state index < -0.39 is 0 Å². The number of benzene rings is 1. The fourth-order valence-corrected chi connectivity index (χ4v) is 3.32. The molecule has 0 atom stereocenters. The Morgan fingerprint density at radius 3 is 2.95 bits per heavy atom. The van der Waals surface area contributed by atoms with Crippen LogP contribution >= 0.6 is 35.3 Å². The number of aromatic nitrogens is 1. The smallest absolute Gasteiger partial charge is 0.193 e. The van der Waals surface area contributed by atoms with Gasteiger partial charge in [-0.2, -0.15) is 0 Å². The summed E-state index contributed by atoms with van der Waals surface area (Å²) in [4.78, 5) is 8.84.